The van der Waals surface area contributed by atoms with E-state index in [0.29, 0.717) is 16.0 Å². The number of nitrogens with two attached hydrogens (primary N) is 1. The van der Waals surface area contributed by atoms with E-state index in [-0.39, 0.29) is 0 Å². The molecular weight excluding hydrogens is 269 g/mol. The first kappa shape index (κ1) is 13.4. The highest BCUT2D eigenvalue weighted by Gasteiger charge is 2.17. The molecule has 0 unspecified atom stereocenters. The van der Waals surface area contributed by atoms with Gasteiger partial charge in [0.1, 0.15) is 0 Å². The summed E-state index contributed by atoms with van der Waals surface area (Å²) in [7, 11) is 0. The molecule has 1 aromatic rings. The summed E-state index contributed by atoms with van der Waals surface area (Å²) in [5.74, 6) is 1.20. The van der Waals surface area contributed by atoms with Crippen molar-refractivity contribution in [3.63, 3.8) is 0 Å². The summed E-state index contributed by atoms with van der Waals surface area (Å²) in [6, 6.07) is 5.73. The van der Waals surface area contributed by atoms with Crippen LogP contribution in [0.25, 0.3) is 0 Å². The minimum absolute atomic E-state index is 0.430. The molecule has 0 aromatic heterocycles. The van der Waals surface area contributed by atoms with Gasteiger partial charge in [0.2, 0.25) is 0 Å². The molecular formula is C13H17Cl2N3. The first-order valence-corrected chi connectivity index (χ1v) is 6.77. The number of halogens is 2. The Balaban J connectivity index is 2.10. The van der Waals surface area contributed by atoms with Crippen molar-refractivity contribution in [2.75, 3.05) is 24.5 Å². The molecule has 0 bridgehead atoms. The first-order valence-electron chi connectivity index (χ1n) is 6.01. The zero-order valence-corrected chi connectivity index (χ0v) is 11.8. The minimum atomic E-state index is 0.430. The topological polar surface area (TPSA) is 41.3 Å². The molecule has 3 N–H and O–H groups in total. The van der Waals surface area contributed by atoms with Gasteiger partial charge in [-0.2, -0.15) is 0 Å². The van der Waals surface area contributed by atoms with Crippen LogP contribution in [0, 0.1) is 5.92 Å². The minimum Gasteiger partial charge on any atom is -0.386 e. The largest absolute Gasteiger partial charge is 0.386 e. The standard InChI is InChI=1S/C13H17Cl2N3/c1-2-18(8-9-5-13(16)17-7-9)10-3-4-11(14)12(15)6-10/h3-6,9,17H,2,7-8,16H2,1H3/t9-/m0/s1. The Kier molecular flexibility index (Phi) is 4.25. The lowest BCUT2D eigenvalue weighted by Gasteiger charge is -2.25. The monoisotopic (exact) mass is 285 g/mol. The molecule has 1 aliphatic rings. The van der Waals surface area contributed by atoms with Gasteiger partial charge in [0.15, 0.2) is 0 Å². The van der Waals surface area contributed by atoms with E-state index in [9.17, 15) is 0 Å². The Bertz CT molecular complexity index is 460. The number of nitrogens with one attached hydrogen (secondary N) is 1. The Hall–Kier alpha value is -1.06. The van der Waals surface area contributed by atoms with Crippen molar-refractivity contribution in [1.82, 2.24) is 5.32 Å². The third-order valence-corrected chi connectivity index (χ3v) is 3.83. The van der Waals surface area contributed by atoms with Crippen LogP contribution < -0.4 is 16.0 Å². The maximum Gasteiger partial charge on any atom is 0.0923 e. The van der Waals surface area contributed by atoms with Crippen molar-refractivity contribution in [3.8, 4) is 0 Å². The van der Waals surface area contributed by atoms with Crippen LogP contribution in [0.4, 0.5) is 5.69 Å². The second kappa shape index (κ2) is 5.72. The third-order valence-electron chi connectivity index (χ3n) is 3.09. The molecule has 3 nitrogen and oxygen atoms in total. The zero-order chi connectivity index (χ0) is 13.1. The molecule has 0 saturated heterocycles. The van der Waals surface area contributed by atoms with E-state index in [4.69, 9.17) is 28.9 Å². The Labute approximate surface area is 118 Å². The third kappa shape index (κ3) is 3.03. The molecule has 0 aliphatic carbocycles. The zero-order valence-electron chi connectivity index (χ0n) is 10.3. The fourth-order valence-electron chi connectivity index (χ4n) is 2.12. The number of anilines is 1. The highest BCUT2D eigenvalue weighted by molar-refractivity contribution is 6.42. The van der Waals surface area contributed by atoms with E-state index in [2.05, 4.69) is 23.2 Å². The lowest BCUT2D eigenvalue weighted by Crippen LogP contribution is -2.30. The molecule has 0 saturated carbocycles. The first-order chi connectivity index (χ1) is 8.60. The number of hydrogen-bond donors (Lipinski definition) is 2. The van der Waals surface area contributed by atoms with Crippen LogP contribution in [-0.4, -0.2) is 19.6 Å². The summed E-state index contributed by atoms with van der Waals surface area (Å²) in [6.45, 7) is 4.85. The average molecular weight is 286 g/mol. The molecule has 2 rings (SSSR count). The lowest BCUT2D eigenvalue weighted by molar-refractivity contribution is 0.624. The molecule has 1 heterocycles. The molecule has 0 fully saturated rings. The van der Waals surface area contributed by atoms with Gasteiger partial charge in [0, 0.05) is 31.2 Å². The smallest absolute Gasteiger partial charge is 0.0923 e. The molecule has 0 radical (unpaired) electrons. The summed E-state index contributed by atoms with van der Waals surface area (Å²) >= 11 is 12.0. The fraction of sp³-hybridized carbons (Fsp3) is 0.385. The van der Waals surface area contributed by atoms with Gasteiger partial charge < -0.3 is 16.0 Å². The normalized spacial score (nSPS) is 18.4. The quantitative estimate of drug-likeness (QED) is 0.894. The summed E-state index contributed by atoms with van der Waals surface area (Å²) in [6.07, 6.45) is 2.07. The number of rotatable bonds is 4. The van der Waals surface area contributed by atoms with E-state index in [0.717, 1.165) is 31.1 Å². The van der Waals surface area contributed by atoms with E-state index in [1.54, 1.807) is 0 Å². The highest BCUT2D eigenvalue weighted by Crippen LogP contribution is 2.27. The van der Waals surface area contributed by atoms with Crippen LogP contribution in [0.5, 0.6) is 0 Å². The van der Waals surface area contributed by atoms with Crippen LogP contribution in [0.2, 0.25) is 10.0 Å². The van der Waals surface area contributed by atoms with Crippen molar-refractivity contribution in [3.05, 3.63) is 40.1 Å². The van der Waals surface area contributed by atoms with Gasteiger partial charge in [-0.15, -0.1) is 0 Å². The second-order valence-electron chi connectivity index (χ2n) is 4.40. The van der Waals surface area contributed by atoms with Crippen LogP contribution in [-0.2, 0) is 0 Å². The maximum atomic E-state index is 6.05. The molecule has 98 valence electrons. The maximum absolute atomic E-state index is 6.05. The SMILES string of the molecule is CCN(C[C@H]1C=C(N)NC1)c1ccc(Cl)c(Cl)c1. The van der Waals surface area contributed by atoms with Crippen LogP contribution in [0.3, 0.4) is 0 Å². The van der Waals surface area contributed by atoms with Crippen LogP contribution in [0.1, 0.15) is 6.92 Å². The van der Waals surface area contributed by atoms with Crippen molar-refractivity contribution in [1.29, 1.82) is 0 Å². The fourth-order valence-corrected chi connectivity index (χ4v) is 2.41. The van der Waals surface area contributed by atoms with Gasteiger partial charge in [-0.25, -0.2) is 0 Å². The summed E-state index contributed by atoms with van der Waals surface area (Å²) < 4.78 is 0. The second-order valence-corrected chi connectivity index (χ2v) is 5.21. The Morgan fingerprint density at radius 3 is 2.72 bits per heavy atom. The summed E-state index contributed by atoms with van der Waals surface area (Å²) in [4.78, 5) is 2.27. The number of benzene rings is 1. The number of nitrogens with zero attached hydrogens (tertiary/aromatic N) is 1. The van der Waals surface area contributed by atoms with Gasteiger partial charge in [-0.1, -0.05) is 23.2 Å². The van der Waals surface area contributed by atoms with Gasteiger partial charge >= 0.3 is 0 Å². The van der Waals surface area contributed by atoms with Crippen molar-refractivity contribution < 1.29 is 0 Å². The van der Waals surface area contributed by atoms with E-state index in [1.165, 1.54) is 0 Å². The van der Waals surface area contributed by atoms with Gasteiger partial charge in [0.25, 0.3) is 0 Å². The molecule has 1 aromatic carbocycles. The molecule has 18 heavy (non-hydrogen) atoms. The van der Waals surface area contributed by atoms with Gasteiger partial charge in [0.05, 0.1) is 15.9 Å². The van der Waals surface area contributed by atoms with Crippen LogP contribution >= 0.6 is 23.2 Å². The summed E-state index contributed by atoms with van der Waals surface area (Å²) in [5.41, 5.74) is 6.81. The molecule has 1 aliphatic heterocycles. The van der Waals surface area contributed by atoms with E-state index >= 15 is 0 Å². The average Bonchev–Trinajstić information content (AvgIpc) is 2.75. The van der Waals surface area contributed by atoms with Crippen molar-refractivity contribution in [2.24, 2.45) is 11.7 Å². The van der Waals surface area contributed by atoms with E-state index < -0.39 is 0 Å². The Morgan fingerprint density at radius 2 is 2.17 bits per heavy atom. The molecule has 5 heteroatoms. The lowest BCUT2D eigenvalue weighted by atomic mass is 10.1. The summed E-state index contributed by atoms with van der Waals surface area (Å²) in [5, 5.41) is 4.31. The Morgan fingerprint density at radius 1 is 1.39 bits per heavy atom. The predicted octanol–water partition coefficient (Wildman–Crippen LogP) is 2.84. The molecule has 0 spiro atoms. The molecule has 1 atom stereocenters. The van der Waals surface area contributed by atoms with Crippen LogP contribution in [0.15, 0.2) is 30.1 Å². The van der Waals surface area contributed by atoms with Crippen molar-refractivity contribution >= 4 is 28.9 Å². The van der Waals surface area contributed by atoms with Gasteiger partial charge in [-0.3, -0.25) is 0 Å². The molecule has 0 amide bonds. The van der Waals surface area contributed by atoms with Gasteiger partial charge in [-0.05, 0) is 31.2 Å². The van der Waals surface area contributed by atoms with Crippen molar-refractivity contribution in [2.45, 2.75) is 6.92 Å². The predicted molar refractivity (Wildman–Crippen MR) is 78.1 cm³/mol. The van der Waals surface area contributed by atoms with E-state index in [1.807, 2.05) is 18.2 Å². The number of hydrogen-bond acceptors (Lipinski definition) is 3. The highest BCUT2D eigenvalue weighted by atomic mass is 35.5.